The fourth-order valence-corrected chi connectivity index (χ4v) is 1.89. The van der Waals surface area contributed by atoms with Crippen molar-refractivity contribution in [3.63, 3.8) is 0 Å². The zero-order valence-electron chi connectivity index (χ0n) is 10.1. The molecule has 0 atom stereocenters. The van der Waals surface area contributed by atoms with Crippen molar-refractivity contribution in [1.29, 1.82) is 0 Å². The molecule has 2 N–H and O–H groups in total. The van der Waals surface area contributed by atoms with E-state index in [0.29, 0.717) is 4.47 Å². The number of hydrogen-bond donors (Lipinski definition) is 1. The van der Waals surface area contributed by atoms with E-state index in [1.54, 1.807) is 6.92 Å². The molecule has 0 aliphatic rings. The fraction of sp³-hybridized carbons (Fsp3) is 0.273. The summed E-state index contributed by atoms with van der Waals surface area (Å²) in [6, 6.07) is 3.87. The lowest BCUT2D eigenvalue weighted by Gasteiger charge is -2.19. The van der Waals surface area contributed by atoms with Crippen LogP contribution < -0.4 is 5.73 Å². The minimum atomic E-state index is -0.642. The number of non-ortho nitro benzene ring substituents is 1. The standard InChI is InChI=1S/C11H12BrN3O4/c1-2-14(6-10(13)16)11(17)8-5-7(15(18)19)3-4-9(8)12/h3-5H,2,6H2,1H3,(H2,13,16). The Morgan fingerprint density at radius 1 is 1.47 bits per heavy atom. The third-order valence-electron chi connectivity index (χ3n) is 2.41. The van der Waals surface area contributed by atoms with Gasteiger partial charge in [0.2, 0.25) is 5.91 Å². The van der Waals surface area contributed by atoms with E-state index in [9.17, 15) is 19.7 Å². The number of rotatable bonds is 5. The summed E-state index contributed by atoms with van der Waals surface area (Å²) in [5.41, 5.74) is 4.98. The monoisotopic (exact) mass is 329 g/mol. The second-order valence-electron chi connectivity index (χ2n) is 3.71. The number of nitro benzene ring substituents is 1. The summed E-state index contributed by atoms with van der Waals surface area (Å²) in [5, 5.41) is 10.7. The number of nitrogens with zero attached hydrogens (tertiary/aromatic N) is 2. The van der Waals surface area contributed by atoms with E-state index < -0.39 is 16.7 Å². The Morgan fingerprint density at radius 3 is 2.58 bits per heavy atom. The van der Waals surface area contributed by atoms with Crippen LogP contribution in [0.15, 0.2) is 22.7 Å². The predicted octanol–water partition coefficient (Wildman–Crippen LogP) is 1.30. The maximum absolute atomic E-state index is 12.2. The van der Waals surface area contributed by atoms with Crippen molar-refractivity contribution < 1.29 is 14.5 Å². The highest BCUT2D eigenvalue weighted by atomic mass is 79.9. The van der Waals surface area contributed by atoms with Gasteiger partial charge in [0.1, 0.15) is 0 Å². The Bertz CT molecular complexity index is 533. The molecule has 0 aliphatic carbocycles. The highest BCUT2D eigenvalue weighted by Gasteiger charge is 2.21. The van der Waals surface area contributed by atoms with Crippen LogP contribution in [0.2, 0.25) is 0 Å². The second-order valence-corrected chi connectivity index (χ2v) is 4.56. The van der Waals surface area contributed by atoms with Crippen LogP contribution in [-0.4, -0.2) is 34.7 Å². The van der Waals surface area contributed by atoms with E-state index in [4.69, 9.17) is 5.73 Å². The van der Waals surface area contributed by atoms with Gasteiger partial charge in [-0.3, -0.25) is 19.7 Å². The maximum Gasteiger partial charge on any atom is 0.270 e. The Morgan fingerprint density at radius 2 is 2.11 bits per heavy atom. The van der Waals surface area contributed by atoms with E-state index in [0.717, 1.165) is 6.07 Å². The Labute approximate surface area is 117 Å². The number of likely N-dealkylation sites (N-methyl/N-ethyl adjacent to an activating group) is 1. The second kappa shape index (κ2) is 6.28. The molecule has 0 saturated heterocycles. The van der Waals surface area contributed by atoms with Gasteiger partial charge in [-0.05, 0) is 28.9 Å². The summed E-state index contributed by atoms with van der Waals surface area (Å²) in [7, 11) is 0. The summed E-state index contributed by atoms with van der Waals surface area (Å²) in [6.45, 7) is 1.73. The Kier molecular flexibility index (Phi) is 4.99. The lowest BCUT2D eigenvalue weighted by molar-refractivity contribution is -0.384. The molecule has 1 rings (SSSR count). The van der Waals surface area contributed by atoms with E-state index in [1.165, 1.54) is 17.0 Å². The molecule has 1 aromatic carbocycles. The number of nitro groups is 1. The normalized spacial score (nSPS) is 10.0. The third kappa shape index (κ3) is 3.75. The summed E-state index contributed by atoms with van der Waals surface area (Å²) < 4.78 is 0.422. The van der Waals surface area contributed by atoms with Crippen molar-refractivity contribution in [2.75, 3.05) is 13.1 Å². The summed E-state index contributed by atoms with van der Waals surface area (Å²) in [6.07, 6.45) is 0. The maximum atomic E-state index is 12.2. The number of nitrogens with two attached hydrogens (primary N) is 1. The number of halogens is 1. The van der Waals surface area contributed by atoms with Gasteiger partial charge in [0.25, 0.3) is 11.6 Å². The van der Waals surface area contributed by atoms with Crippen molar-refractivity contribution in [3.05, 3.63) is 38.3 Å². The fourth-order valence-electron chi connectivity index (χ4n) is 1.48. The van der Waals surface area contributed by atoms with Gasteiger partial charge >= 0.3 is 0 Å². The molecular formula is C11H12BrN3O4. The van der Waals surface area contributed by atoms with Crippen LogP contribution in [-0.2, 0) is 4.79 Å². The van der Waals surface area contributed by atoms with Gasteiger partial charge < -0.3 is 10.6 Å². The van der Waals surface area contributed by atoms with E-state index in [-0.39, 0.29) is 24.3 Å². The SMILES string of the molecule is CCN(CC(N)=O)C(=O)c1cc([N+](=O)[O-])ccc1Br. The minimum absolute atomic E-state index is 0.123. The van der Waals surface area contributed by atoms with Crippen molar-refractivity contribution in [1.82, 2.24) is 4.90 Å². The van der Waals surface area contributed by atoms with Crippen LogP contribution in [0.3, 0.4) is 0 Å². The largest absolute Gasteiger partial charge is 0.368 e. The molecule has 8 heteroatoms. The van der Waals surface area contributed by atoms with Gasteiger partial charge in [-0.2, -0.15) is 0 Å². The number of carbonyl (C=O) groups is 2. The van der Waals surface area contributed by atoms with Crippen LogP contribution in [0.4, 0.5) is 5.69 Å². The zero-order chi connectivity index (χ0) is 14.6. The van der Waals surface area contributed by atoms with Gasteiger partial charge in [-0.25, -0.2) is 0 Å². The average molecular weight is 330 g/mol. The van der Waals surface area contributed by atoms with Gasteiger partial charge in [-0.15, -0.1) is 0 Å². The molecule has 0 bridgehead atoms. The average Bonchev–Trinajstić information content (AvgIpc) is 2.35. The first-order valence-corrected chi connectivity index (χ1v) is 6.17. The van der Waals surface area contributed by atoms with Gasteiger partial charge in [-0.1, -0.05) is 0 Å². The van der Waals surface area contributed by atoms with Crippen LogP contribution in [0.5, 0.6) is 0 Å². The quantitative estimate of drug-likeness (QED) is 0.649. The predicted molar refractivity (Wildman–Crippen MR) is 71.6 cm³/mol. The highest BCUT2D eigenvalue weighted by Crippen LogP contribution is 2.23. The first kappa shape index (κ1) is 15.1. The first-order valence-electron chi connectivity index (χ1n) is 5.38. The van der Waals surface area contributed by atoms with Crippen LogP contribution in [0, 0.1) is 10.1 Å². The highest BCUT2D eigenvalue weighted by molar-refractivity contribution is 9.10. The molecule has 0 radical (unpaired) electrons. The first-order chi connectivity index (χ1) is 8.86. The van der Waals surface area contributed by atoms with E-state index in [2.05, 4.69) is 15.9 Å². The zero-order valence-corrected chi connectivity index (χ0v) is 11.7. The van der Waals surface area contributed by atoms with Crippen molar-refractivity contribution in [2.45, 2.75) is 6.92 Å². The lowest BCUT2D eigenvalue weighted by atomic mass is 10.1. The molecular weight excluding hydrogens is 318 g/mol. The minimum Gasteiger partial charge on any atom is -0.368 e. The van der Waals surface area contributed by atoms with E-state index >= 15 is 0 Å². The molecule has 1 aromatic rings. The number of primary amides is 1. The summed E-state index contributed by atoms with van der Waals surface area (Å²) in [4.78, 5) is 34.4. The Hall–Kier alpha value is -1.96. The van der Waals surface area contributed by atoms with Gasteiger partial charge in [0.15, 0.2) is 0 Å². The molecule has 0 heterocycles. The molecule has 19 heavy (non-hydrogen) atoms. The van der Waals surface area contributed by atoms with Crippen molar-refractivity contribution in [3.8, 4) is 0 Å². The third-order valence-corrected chi connectivity index (χ3v) is 3.10. The molecule has 102 valence electrons. The van der Waals surface area contributed by atoms with E-state index in [1.807, 2.05) is 0 Å². The van der Waals surface area contributed by atoms with Gasteiger partial charge in [0.05, 0.1) is 17.0 Å². The molecule has 0 aromatic heterocycles. The van der Waals surface area contributed by atoms with Crippen LogP contribution in [0.1, 0.15) is 17.3 Å². The molecule has 0 aliphatic heterocycles. The molecule has 2 amide bonds. The molecule has 0 saturated carbocycles. The molecule has 0 spiro atoms. The molecule has 0 fully saturated rings. The topological polar surface area (TPSA) is 107 Å². The van der Waals surface area contributed by atoms with Crippen LogP contribution in [0.25, 0.3) is 0 Å². The number of hydrogen-bond acceptors (Lipinski definition) is 4. The van der Waals surface area contributed by atoms with Crippen molar-refractivity contribution in [2.24, 2.45) is 5.73 Å². The van der Waals surface area contributed by atoms with Crippen molar-refractivity contribution >= 4 is 33.4 Å². The Balaban J connectivity index is 3.13. The number of carbonyl (C=O) groups excluding carboxylic acids is 2. The molecule has 0 unspecified atom stereocenters. The summed E-state index contributed by atoms with van der Waals surface area (Å²) >= 11 is 3.16. The van der Waals surface area contributed by atoms with Crippen LogP contribution >= 0.6 is 15.9 Å². The van der Waals surface area contributed by atoms with Gasteiger partial charge in [0, 0.05) is 23.2 Å². The molecule has 7 nitrogen and oxygen atoms in total. The number of amides is 2. The summed E-state index contributed by atoms with van der Waals surface area (Å²) in [5.74, 6) is -1.13. The number of benzene rings is 1. The smallest absolute Gasteiger partial charge is 0.270 e. The lowest BCUT2D eigenvalue weighted by Crippen LogP contribution is -2.38.